The molecule has 7 heteroatoms. The lowest BCUT2D eigenvalue weighted by molar-refractivity contribution is -0.113. The Balaban J connectivity index is 1.63. The van der Waals surface area contributed by atoms with Gasteiger partial charge < -0.3 is 10.2 Å². The maximum absolute atomic E-state index is 12.3. The zero-order chi connectivity index (χ0) is 17.6. The third kappa shape index (κ3) is 4.89. The largest absolute Gasteiger partial charge is 0.353 e. The summed E-state index contributed by atoms with van der Waals surface area (Å²) in [6, 6.07) is 6.06. The summed E-state index contributed by atoms with van der Waals surface area (Å²) >= 11 is 3.40. The SMILES string of the molecule is Cc1ccc(C)c(NC(=O)CSc2nccnc2N2CCSCC2)c1. The Morgan fingerprint density at radius 1 is 1.24 bits per heavy atom. The third-order valence-corrected chi connectivity index (χ3v) is 5.87. The summed E-state index contributed by atoms with van der Waals surface area (Å²) < 4.78 is 0. The van der Waals surface area contributed by atoms with Gasteiger partial charge in [0.05, 0.1) is 5.75 Å². The predicted octanol–water partition coefficient (Wildman–Crippen LogP) is 3.38. The summed E-state index contributed by atoms with van der Waals surface area (Å²) in [5.41, 5.74) is 3.07. The van der Waals surface area contributed by atoms with E-state index in [1.165, 1.54) is 11.8 Å². The van der Waals surface area contributed by atoms with Crippen molar-refractivity contribution in [1.82, 2.24) is 9.97 Å². The molecule has 0 spiro atoms. The second kappa shape index (κ2) is 8.58. The number of anilines is 2. The first kappa shape index (κ1) is 18.1. The summed E-state index contributed by atoms with van der Waals surface area (Å²) in [6.45, 7) is 5.97. The second-order valence-corrected chi connectivity index (χ2v) is 8.13. The lowest BCUT2D eigenvalue weighted by atomic mass is 10.1. The highest BCUT2D eigenvalue weighted by atomic mass is 32.2. The van der Waals surface area contributed by atoms with Crippen LogP contribution in [0.15, 0.2) is 35.6 Å². The van der Waals surface area contributed by atoms with Crippen molar-refractivity contribution in [2.75, 3.05) is 40.6 Å². The molecule has 1 N–H and O–H groups in total. The molecule has 5 nitrogen and oxygen atoms in total. The summed E-state index contributed by atoms with van der Waals surface area (Å²) in [5, 5.41) is 3.82. The molecule has 1 aromatic carbocycles. The minimum Gasteiger partial charge on any atom is -0.353 e. The molecule has 0 bridgehead atoms. The number of thioether (sulfide) groups is 2. The smallest absolute Gasteiger partial charge is 0.234 e. The van der Waals surface area contributed by atoms with Gasteiger partial charge in [0.1, 0.15) is 5.03 Å². The Bertz CT molecular complexity index is 748. The fourth-order valence-corrected chi connectivity index (χ4v) is 4.29. The van der Waals surface area contributed by atoms with Crippen molar-refractivity contribution in [2.45, 2.75) is 18.9 Å². The Labute approximate surface area is 157 Å². The number of hydrogen-bond donors (Lipinski definition) is 1. The number of hydrogen-bond acceptors (Lipinski definition) is 6. The highest BCUT2D eigenvalue weighted by Gasteiger charge is 2.18. The van der Waals surface area contributed by atoms with Gasteiger partial charge in [0.25, 0.3) is 0 Å². The minimum atomic E-state index is -0.0236. The molecule has 0 unspecified atom stereocenters. The van der Waals surface area contributed by atoms with Crippen molar-refractivity contribution >= 4 is 40.9 Å². The van der Waals surface area contributed by atoms with Crippen LogP contribution < -0.4 is 10.2 Å². The average molecular weight is 375 g/mol. The molecule has 1 aliphatic heterocycles. The van der Waals surface area contributed by atoms with Crippen LogP contribution in [0, 0.1) is 13.8 Å². The van der Waals surface area contributed by atoms with E-state index in [4.69, 9.17) is 0 Å². The van der Waals surface area contributed by atoms with Crippen molar-refractivity contribution in [3.05, 3.63) is 41.7 Å². The van der Waals surface area contributed by atoms with Gasteiger partial charge in [-0.05, 0) is 31.0 Å². The van der Waals surface area contributed by atoms with Crippen molar-refractivity contribution in [3.63, 3.8) is 0 Å². The first-order valence-corrected chi connectivity index (χ1v) is 10.4. The molecule has 0 atom stereocenters. The van der Waals surface area contributed by atoms with Crippen molar-refractivity contribution in [1.29, 1.82) is 0 Å². The van der Waals surface area contributed by atoms with E-state index in [1.807, 2.05) is 43.8 Å². The van der Waals surface area contributed by atoms with Crippen LogP contribution in [-0.2, 0) is 4.79 Å². The number of amides is 1. The Kier molecular flexibility index (Phi) is 6.20. The standard InChI is InChI=1S/C18H22N4OS2/c1-13-3-4-14(2)15(11-13)21-16(23)12-25-18-17(19-5-6-20-18)22-7-9-24-10-8-22/h3-6,11H,7-10,12H2,1-2H3,(H,21,23). The molecule has 1 amide bonds. The van der Waals surface area contributed by atoms with E-state index < -0.39 is 0 Å². The van der Waals surface area contributed by atoms with Crippen LogP contribution in [-0.4, -0.2) is 46.2 Å². The summed E-state index contributed by atoms with van der Waals surface area (Å²) in [5.74, 6) is 3.40. The first-order chi connectivity index (χ1) is 12.1. The fraction of sp³-hybridized carbons (Fsp3) is 0.389. The van der Waals surface area contributed by atoms with Gasteiger partial charge in [-0.3, -0.25) is 4.79 Å². The van der Waals surface area contributed by atoms with E-state index in [9.17, 15) is 4.79 Å². The molecule has 1 saturated heterocycles. The molecule has 3 rings (SSSR count). The van der Waals surface area contributed by atoms with Gasteiger partial charge in [-0.25, -0.2) is 9.97 Å². The van der Waals surface area contributed by atoms with Crippen LogP contribution in [0.4, 0.5) is 11.5 Å². The number of nitrogens with one attached hydrogen (secondary N) is 1. The summed E-state index contributed by atoms with van der Waals surface area (Å²) in [7, 11) is 0. The lowest BCUT2D eigenvalue weighted by Gasteiger charge is -2.28. The van der Waals surface area contributed by atoms with E-state index in [1.54, 1.807) is 12.4 Å². The van der Waals surface area contributed by atoms with Gasteiger partial charge >= 0.3 is 0 Å². The van der Waals surface area contributed by atoms with E-state index >= 15 is 0 Å². The maximum Gasteiger partial charge on any atom is 0.234 e. The molecule has 1 aliphatic rings. The molecule has 1 aromatic heterocycles. The molecule has 2 aromatic rings. The number of carbonyl (C=O) groups is 1. The number of aromatic nitrogens is 2. The number of benzene rings is 1. The van der Waals surface area contributed by atoms with Crippen LogP contribution in [0.25, 0.3) is 0 Å². The second-order valence-electron chi connectivity index (χ2n) is 5.94. The minimum absolute atomic E-state index is 0.0236. The van der Waals surface area contributed by atoms with Crippen LogP contribution in [0.3, 0.4) is 0 Å². The van der Waals surface area contributed by atoms with Crippen LogP contribution in [0.2, 0.25) is 0 Å². The van der Waals surface area contributed by atoms with Crippen LogP contribution in [0.5, 0.6) is 0 Å². The summed E-state index contributed by atoms with van der Waals surface area (Å²) in [6.07, 6.45) is 3.41. The molecule has 0 radical (unpaired) electrons. The number of carbonyl (C=O) groups excluding carboxylic acids is 1. The van der Waals surface area contributed by atoms with Gasteiger partial charge in [0.2, 0.25) is 5.91 Å². The molecule has 0 saturated carbocycles. The molecule has 25 heavy (non-hydrogen) atoms. The zero-order valence-corrected chi connectivity index (χ0v) is 16.1. The van der Waals surface area contributed by atoms with Gasteiger partial charge in [-0.15, -0.1) is 0 Å². The number of aryl methyl sites for hydroxylation is 2. The van der Waals surface area contributed by atoms with Crippen LogP contribution in [0.1, 0.15) is 11.1 Å². The number of rotatable bonds is 5. The first-order valence-electron chi connectivity index (χ1n) is 8.27. The molecule has 1 fully saturated rings. The van der Waals surface area contributed by atoms with E-state index in [-0.39, 0.29) is 5.91 Å². The lowest BCUT2D eigenvalue weighted by Crippen LogP contribution is -2.33. The monoisotopic (exact) mass is 374 g/mol. The average Bonchev–Trinajstić information content (AvgIpc) is 2.64. The van der Waals surface area contributed by atoms with Crippen molar-refractivity contribution in [2.24, 2.45) is 0 Å². The third-order valence-electron chi connectivity index (χ3n) is 3.96. The maximum atomic E-state index is 12.3. The Morgan fingerprint density at radius 3 is 2.80 bits per heavy atom. The topological polar surface area (TPSA) is 58.1 Å². The molecular formula is C18H22N4OS2. The quantitative estimate of drug-likeness (QED) is 0.810. The zero-order valence-electron chi connectivity index (χ0n) is 14.5. The van der Waals surface area contributed by atoms with Crippen LogP contribution >= 0.6 is 23.5 Å². The Morgan fingerprint density at radius 2 is 2.00 bits per heavy atom. The highest BCUT2D eigenvalue weighted by molar-refractivity contribution is 8.00. The van der Waals surface area contributed by atoms with Crippen molar-refractivity contribution in [3.8, 4) is 0 Å². The Hall–Kier alpha value is -1.73. The van der Waals surface area contributed by atoms with E-state index in [0.717, 1.165) is 52.3 Å². The predicted molar refractivity (Wildman–Crippen MR) is 107 cm³/mol. The molecule has 2 heterocycles. The van der Waals surface area contributed by atoms with Gasteiger partial charge in [-0.1, -0.05) is 23.9 Å². The molecule has 132 valence electrons. The molecular weight excluding hydrogens is 352 g/mol. The fourth-order valence-electron chi connectivity index (χ4n) is 2.60. The van der Waals surface area contributed by atoms with E-state index in [0.29, 0.717) is 5.75 Å². The molecule has 0 aliphatic carbocycles. The van der Waals surface area contributed by atoms with Gasteiger partial charge in [0.15, 0.2) is 5.82 Å². The highest BCUT2D eigenvalue weighted by Crippen LogP contribution is 2.28. The van der Waals surface area contributed by atoms with E-state index in [2.05, 4.69) is 20.2 Å². The number of nitrogens with zero attached hydrogens (tertiary/aromatic N) is 3. The van der Waals surface area contributed by atoms with Crippen molar-refractivity contribution < 1.29 is 4.79 Å². The normalized spacial score (nSPS) is 14.4. The summed E-state index contributed by atoms with van der Waals surface area (Å²) in [4.78, 5) is 23.5. The van der Waals surface area contributed by atoms with Gasteiger partial charge in [-0.2, -0.15) is 11.8 Å². The van der Waals surface area contributed by atoms with Gasteiger partial charge in [0, 0.05) is 42.7 Å².